The van der Waals surface area contributed by atoms with Crippen LogP contribution in [0.25, 0.3) is 0 Å². The molecule has 0 aliphatic carbocycles. The molecule has 0 saturated carbocycles. The number of nitrogens with one attached hydrogen (secondary N) is 2. The highest BCUT2D eigenvalue weighted by molar-refractivity contribution is 14.0. The van der Waals surface area contributed by atoms with Crippen LogP contribution in [0.2, 0.25) is 0 Å². The Bertz CT molecular complexity index is 541. The molecule has 1 rings (SSSR count). The van der Waals surface area contributed by atoms with Crippen molar-refractivity contribution in [2.24, 2.45) is 4.99 Å². The van der Waals surface area contributed by atoms with Gasteiger partial charge in [0.1, 0.15) is 5.75 Å². The Morgan fingerprint density at radius 3 is 2.62 bits per heavy atom. The van der Waals surface area contributed by atoms with Gasteiger partial charge in [-0.3, -0.25) is 4.90 Å². The van der Waals surface area contributed by atoms with Gasteiger partial charge in [0, 0.05) is 13.1 Å². The second-order valence-electron chi connectivity index (χ2n) is 5.68. The Balaban J connectivity index is 0.00000625. The highest BCUT2D eigenvalue weighted by Gasteiger charge is 2.28. The summed E-state index contributed by atoms with van der Waals surface area (Å²) in [6.07, 6.45) is -3.56. The lowest BCUT2D eigenvalue weighted by atomic mass is 10.2. The molecule has 0 heterocycles. The molecule has 0 aliphatic rings. The third-order valence-corrected chi connectivity index (χ3v) is 3.36. The van der Waals surface area contributed by atoms with E-state index in [4.69, 9.17) is 4.74 Å². The van der Waals surface area contributed by atoms with E-state index in [-0.39, 0.29) is 24.0 Å². The van der Waals surface area contributed by atoms with Gasteiger partial charge >= 0.3 is 6.18 Å². The molecule has 150 valence electrons. The van der Waals surface area contributed by atoms with Gasteiger partial charge in [-0.15, -0.1) is 24.0 Å². The standard InChI is InChI=1S/C17H27F3N4O.HI/c1-4-21-16(22-9-6-10-24(2)13-17(18,19)20)23-12-14-7-5-8-15(11-14)25-3;/h5,7-8,11H,4,6,9-10,12-13H2,1-3H3,(H2,21,22,23);1H. The molecule has 0 bridgehead atoms. The zero-order valence-corrected chi connectivity index (χ0v) is 17.7. The first-order chi connectivity index (χ1) is 11.8. The molecule has 26 heavy (non-hydrogen) atoms. The van der Waals surface area contributed by atoms with E-state index in [1.807, 2.05) is 31.2 Å². The highest BCUT2D eigenvalue weighted by atomic mass is 127. The summed E-state index contributed by atoms with van der Waals surface area (Å²) >= 11 is 0. The molecular weight excluding hydrogens is 460 g/mol. The number of aliphatic imine (C=N–C) groups is 1. The highest BCUT2D eigenvalue weighted by Crippen LogP contribution is 2.15. The smallest absolute Gasteiger partial charge is 0.401 e. The van der Waals surface area contributed by atoms with Crippen LogP contribution in [0.1, 0.15) is 18.9 Å². The van der Waals surface area contributed by atoms with Gasteiger partial charge in [0.2, 0.25) is 0 Å². The molecule has 0 radical (unpaired) electrons. The van der Waals surface area contributed by atoms with E-state index in [1.165, 1.54) is 11.9 Å². The minimum atomic E-state index is -4.16. The van der Waals surface area contributed by atoms with Crippen molar-refractivity contribution in [1.29, 1.82) is 0 Å². The quantitative estimate of drug-likeness (QED) is 0.243. The number of ether oxygens (including phenoxy) is 1. The van der Waals surface area contributed by atoms with Gasteiger partial charge in [-0.25, -0.2) is 4.99 Å². The molecule has 2 N–H and O–H groups in total. The van der Waals surface area contributed by atoms with Crippen molar-refractivity contribution in [2.75, 3.05) is 40.3 Å². The van der Waals surface area contributed by atoms with Gasteiger partial charge < -0.3 is 15.4 Å². The maximum Gasteiger partial charge on any atom is 0.401 e. The van der Waals surface area contributed by atoms with Gasteiger partial charge in [-0.05, 0) is 44.6 Å². The second-order valence-corrected chi connectivity index (χ2v) is 5.68. The summed E-state index contributed by atoms with van der Waals surface area (Å²) in [5.74, 6) is 1.42. The van der Waals surface area contributed by atoms with E-state index in [2.05, 4.69) is 15.6 Å². The SMILES string of the molecule is CCNC(=NCc1cccc(OC)c1)NCCCN(C)CC(F)(F)F.I. The third kappa shape index (κ3) is 11.4. The van der Waals surface area contributed by atoms with E-state index in [0.717, 1.165) is 11.3 Å². The number of rotatable bonds is 9. The molecule has 5 nitrogen and oxygen atoms in total. The van der Waals surface area contributed by atoms with Gasteiger partial charge in [0.05, 0.1) is 20.2 Å². The monoisotopic (exact) mass is 488 g/mol. The second kappa shape index (κ2) is 13.0. The number of benzene rings is 1. The zero-order chi connectivity index (χ0) is 18.7. The van der Waals surface area contributed by atoms with Crippen LogP contribution >= 0.6 is 24.0 Å². The molecule has 0 fully saturated rings. The lowest BCUT2D eigenvalue weighted by Gasteiger charge is -2.19. The number of hydrogen-bond donors (Lipinski definition) is 2. The number of hydrogen-bond acceptors (Lipinski definition) is 3. The third-order valence-electron chi connectivity index (χ3n) is 3.36. The van der Waals surface area contributed by atoms with Crippen molar-refractivity contribution < 1.29 is 17.9 Å². The van der Waals surface area contributed by atoms with Crippen LogP contribution < -0.4 is 15.4 Å². The normalized spacial score (nSPS) is 11.9. The van der Waals surface area contributed by atoms with E-state index < -0.39 is 12.7 Å². The molecule has 9 heteroatoms. The van der Waals surface area contributed by atoms with E-state index in [9.17, 15) is 13.2 Å². The molecule has 1 aromatic carbocycles. The number of guanidine groups is 1. The Labute approximate surface area is 170 Å². The summed E-state index contributed by atoms with van der Waals surface area (Å²) in [7, 11) is 3.08. The largest absolute Gasteiger partial charge is 0.497 e. The Hall–Kier alpha value is -1.23. The summed E-state index contributed by atoms with van der Waals surface area (Å²) in [6, 6.07) is 7.65. The van der Waals surface area contributed by atoms with Crippen molar-refractivity contribution in [1.82, 2.24) is 15.5 Å². The lowest BCUT2D eigenvalue weighted by Crippen LogP contribution is -2.39. The number of methoxy groups -OCH3 is 1. The van der Waals surface area contributed by atoms with Gasteiger partial charge in [-0.2, -0.15) is 13.2 Å². The fourth-order valence-electron chi connectivity index (χ4n) is 2.22. The number of halogens is 4. The van der Waals surface area contributed by atoms with Crippen molar-refractivity contribution in [3.8, 4) is 5.75 Å². The van der Waals surface area contributed by atoms with Crippen LogP contribution in [0.15, 0.2) is 29.3 Å². The van der Waals surface area contributed by atoms with E-state index in [0.29, 0.717) is 38.6 Å². The summed E-state index contributed by atoms with van der Waals surface area (Å²) < 4.78 is 42.0. The molecule has 0 amide bonds. The van der Waals surface area contributed by atoms with Crippen LogP contribution in [-0.4, -0.2) is 57.4 Å². The maximum atomic E-state index is 12.3. The molecular formula is C17H28F3IN4O. The van der Waals surface area contributed by atoms with Crippen LogP contribution in [0.3, 0.4) is 0 Å². The minimum absolute atomic E-state index is 0. The van der Waals surface area contributed by atoms with E-state index in [1.54, 1.807) is 7.11 Å². The summed E-state index contributed by atoms with van der Waals surface area (Å²) in [5, 5.41) is 6.26. The average Bonchev–Trinajstić information content (AvgIpc) is 2.55. The van der Waals surface area contributed by atoms with E-state index >= 15 is 0 Å². The predicted octanol–water partition coefficient (Wildman–Crippen LogP) is 3.25. The molecule has 0 spiro atoms. The molecule has 0 aromatic heterocycles. The van der Waals surface area contributed by atoms with Crippen molar-refractivity contribution in [2.45, 2.75) is 26.1 Å². The Kier molecular flexibility index (Phi) is 12.4. The molecule has 0 unspecified atom stereocenters. The topological polar surface area (TPSA) is 48.9 Å². The van der Waals surface area contributed by atoms with Crippen LogP contribution in [0.5, 0.6) is 5.75 Å². The van der Waals surface area contributed by atoms with Crippen LogP contribution in [0, 0.1) is 0 Å². The predicted molar refractivity (Wildman–Crippen MR) is 109 cm³/mol. The molecule has 0 aliphatic heterocycles. The van der Waals surface area contributed by atoms with Crippen molar-refractivity contribution in [3.63, 3.8) is 0 Å². The summed E-state index contributed by atoms with van der Waals surface area (Å²) in [6.45, 7) is 3.17. The molecule has 0 atom stereocenters. The first kappa shape index (κ1) is 24.8. The van der Waals surface area contributed by atoms with Gasteiger partial charge in [-0.1, -0.05) is 12.1 Å². The fraction of sp³-hybridized carbons (Fsp3) is 0.588. The Morgan fingerprint density at radius 1 is 1.27 bits per heavy atom. The first-order valence-corrected chi connectivity index (χ1v) is 8.24. The fourth-order valence-corrected chi connectivity index (χ4v) is 2.22. The molecule has 1 aromatic rings. The van der Waals surface area contributed by atoms with Gasteiger partial charge in [0.25, 0.3) is 0 Å². The molecule has 0 saturated heterocycles. The summed E-state index contributed by atoms with van der Waals surface area (Å²) in [4.78, 5) is 5.75. The van der Waals surface area contributed by atoms with Crippen molar-refractivity contribution in [3.05, 3.63) is 29.8 Å². The number of nitrogens with zero attached hydrogens (tertiary/aromatic N) is 2. The van der Waals surface area contributed by atoms with Crippen LogP contribution in [-0.2, 0) is 6.54 Å². The minimum Gasteiger partial charge on any atom is -0.497 e. The maximum absolute atomic E-state index is 12.3. The average molecular weight is 488 g/mol. The van der Waals surface area contributed by atoms with Gasteiger partial charge in [0.15, 0.2) is 5.96 Å². The van der Waals surface area contributed by atoms with Crippen LogP contribution in [0.4, 0.5) is 13.2 Å². The summed E-state index contributed by atoms with van der Waals surface area (Å²) in [5.41, 5.74) is 1.02. The first-order valence-electron chi connectivity index (χ1n) is 8.24. The lowest BCUT2D eigenvalue weighted by molar-refractivity contribution is -0.143. The zero-order valence-electron chi connectivity index (χ0n) is 15.4. The Morgan fingerprint density at radius 2 is 2.00 bits per heavy atom. The van der Waals surface area contributed by atoms with Crippen molar-refractivity contribution >= 4 is 29.9 Å². The number of alkyl halides is 3.